The SMILES string of the molecule is O=C([O-])[O-].O=C([O-])[O-].O=C([O-])[O-].[Zr+3][CH]1C=Cc2ccccc21.[Zr+3][CH]1C=Cc2ccccc21. The van der Waals surface area contributed by atoms with Crippen LogP contribution in [0.2, 0.25) is 0 Å². The molecule has 4 rings (SSSR count). The molecule has 9 nitrogen and oxygen atoms in total. The van der Waals surface area contributed by atoms with Crippen molar-refractivity contribution in [1.29, 1.82) is 0 Å². The summed E-state index contributed by atoms with van der Waals surface area (Å²) < 4.78 is 1.42. The zero-order valence-electron chi connectivity index (χ0n) is 16.3. The Bertz CT molecular complexity index is 858. The third-order valence-corrected chi connectivity index (χ3v) is 6.07. The van der Waals surface area contributed by atoms with Gasteiger partial charge >= 0.3 is 152 Å². The Morgan fingerprint density at radius 2 is 0.812 bits per heavy atom. The van der Waals surface area contributed by atoms with E-state index in [-0.39, 0.29) is 0 Å². The molecule has 2 unspecified atom stereocenters. The van der Waals surface area contributed by atoms with Gasteiger partial charge in [0.2, 0.25) is 0 Å². The maximum absolute atomic E-state index is 8.33. The second kappa shape index (κ2) is 16.2. The maximum atomic E-state index is 8.33. The molecule has 2 aliphatic carbocycles. The Kier molecular flexibility index (Phi) is 14.9. The number of carboxylic acid groups (broad SMARTS) is 6. The zero-order valence-corrected chi connectivity index (χ0v) is 21.2. The molecule has 0 radical (unpaired) electrons. The summed E-state index contributed by atoms with van der Waals surface area (Å²) in [5, 5.41) is 50.0. The first kappa shape index (κ1) is 29.5. The zero-order chi connectivity index (χ0) is 24.7. The minimum absolute atomic E-state index is 0.711. The molecule has 0 N–H and O–H groups in total. The predicted molar refractivity (Wildman–Crippen MR) is 92.6 cm³/mol. The fourth-order valence-electron chi connectivity index (χ4n) is 2.50. The summed E-state index contributed by atoms with van der Waals surface area (Å²) in [4.78, 5) is 25.0. The molecule has 0 bridgehead atoms. The normalized spacial score (nSPS) is 15.5. The first-order valence-electron chi connectivity index (χ1n) is 8.56. The molecule has 0 heterocycles. The standard InChI is InChI=1S/2C9H7.3CH2O3.2Zr/c2*1-2-5-9-7-3-6-8(9)4-1;3*2-1(3)4;;/h2*1-7H;3*(H2,2,3,4);;/q;;;;;2*+3/p-6. The van der Waals surface area contributed by atoms with Crippen molar-refractivity contribution < 1.29 is 94.5 Å². The number of carbonyl (C=O) groups excluding carboxylic acids is 3. The molecule has 0 amide bonds. The summed E-state index contributed by atoms with van der Waals surface area (Å²) in [6.45, 7) is 0. The molecule has 2 aliphatic rings. The van der Waals surface area contributed by atoms with Gasteiger partial charge in [-0.25, -0.2) is 0 Å². The topological polar surface area (TPSA) is 190 Å². The first-order chi connectivity index (χ1) is 15.0. The van der Waals surface area contributed by atoms with Crippen LogP contribution in [0.15, 0.2) is 60.7 Å². The molecule has 0 fully saturated rings. The Morgan fingerprint density at radius 3 is 1.06 bits per heavy atom. The molecule has 0 spiro atoms. The fourth-order valence-corrected chi connectivity index (χ4v) is 4.26. The van der Waals surface area contributed by atoms with Crippen LogP contribution in [0, 0.1) is 0 Å². The average Bonchev–Trinajstić information content (AvgIpc) is 3.25. The van der Waals surface area contributed by atoms with Gasteiger partial charge < -0.3 is 45.0 Å². The molecule has 2 aromatic carbocycles. The number of rotatable bonds is 0. The quantitative estimate of drug-likeness (QED) is 0.312. The number of hydrogen-bond donors (Lipinski definition) is 0. The van der Waals surface area contributed by atoms with Crippen molar-refractivity contribution in [3.8, 4) is 0 Å². The van der Waals surface area contributed by atoms with Crippen molar-refractivity contribution in [1.82, 2.24) is 0 Å². The van der Waals surface area contributed by atoms with Crippen LogP contribution in [-0.2, 0) is 49.4 Å². The van der Waals surface area contributed by atoms with Crippen LogP contribution in [0.5, 0.6) is 0 Å². The van der Waals surface area contributed by atoms with Gasteiger partial charge in [-0.3, -0.25) is 0 Å². The van der Waals surface area contributed by atoms with E-state index in [0.29, 0.717) is 7.25 Å². The molecule has 160 valence electrons. The van der Waals surface area contributed by atoms with Crippen molar-refractivity contribution in [2.75, 3.05) is 0 Å². The third-order valence-electron chi connectivity index (χ3n) is 3.60. The van der Waals surface area contributed by atoms with E-state index in [1.54, 1.807) is 49.4 Å². The molecular weight excluding hydrogens is 579 g/mol. The van der Waals surface area contributed by atoms with E-state index in [0.717, 1.165) is 0 Å². The summed E-state index contributed by atoms with van der Waals surface area (Å²) in [6.07, 6.45) is 2.00. The molecule has 0 saturated carbocycles. The average molecular weight is 593 g/mol. The van der Waals surface area contributed by atoms with E-state index in [4.69, 9.17) is 45.0 Å². The molecular formula is C21H14O9Zr2. The summed E-state index contributed by atoms with van der Waals surface area (Å²) in [5.74, 6) is 0. The summed E-state index contributed by atoms with van der Waals surface area (Å²) in [7, 11) is 0. The van der Waals surface area contributed by atoms with Crippen LogP contribution in [0.4, 0.5) is 14.4 Å². The van der Waals surface area contributed by atoms with Crippen LogP contribution in [0.3, 0.4) is 0 Å². The van der Waals surface area contributed by atoms with Gasteiger partial charge in [0.05, 0.1) is 0 Å². The van der Waals surface area contributed by atoms with Crippen LogP contribution in [0.25, 0.3) is 12.2 Å². The Morgan fingerprint density at radius 1 is 0.562 bits per heavy atom. The van der Waals surface area contributed by atoms with Gasteiger partial charge in [0, 0.05) is 0 Å². The van der Waals surface area contributed by atoms with Gasteiger partial charge in [0.15, 0.2) is 0 Å². The predicted octanol–water partition coefficient (Wildman–Crippen LogP) is -2.74. The Labute approximate surface area is 214 Å². The number of allylic oxidation sites excluding steroid dienone is 2. The Balaban J connectivity index is 0.000000410. The molecule has 0 aromatic heterocycles. The van der Waals surface area contributed by atoms with Crippen LogP contribution < -0.4 is 30.6 Å². The van der Waals surface area contributed by atoms with Crippen molar-refractivity contribution in [3.63, 3.8) is 0 Å². The number of hydrogen-bond acceptors (Lipinski definition) is 9. The van der Waals surface area contributed by atoms with Crippen molar-refractivity contribution >= 4 is 30.6 Å². The Hall–Kier alpha value is -2.50. The van der Waals surface area contributed by atoms with E-state index in [1.807, 2.05) is 0 Å². The van der Waals surface area contributed by atoms with E-state index < -0.39 is 18.5 Å². The van der Waals surface area contributed by atoms with Gasteiger partial charge in [-0.15, -0.1) is 0 Å². The summed E-state index contributed by atoms with van der Waals surface area (Å²) in [6, 6.07) is 17.2. The van der Waals surface area contributed by atoms with Gasteiger partial charge in [0.25, 0.3) is 0 Å². The number of carbonyl (C=O) groups is 3. The van der Waals surface area contributed by atoms with E-state index >= 15 is 0 Å². The fraction of sp³-hybridized carbons (Fsp3) is 0.0952. The number of fused-ring (bicyclic) bond motifs is 2. The summed E-state index contributed by atoms with van der Waals surface area (Å²) >= 11 is 3.18. The summed E-state index contributed by atoms with van der Waals surface area (Å²) in [5.41, 5.74) is 5.81. The van der Waals surface area contributed by atoms with Crippen LogP contribution in [0.1, 0.15) is 29.5 Å². The van der Waals surface area contributed by atoms with Crippen LogP contribution >= 0.6 is 0 Å². The number of benzene rings is 2. The van der Waals surface area contributed by atoms with Gasteiger partial charge in [-0.05, 0) is 18.5 Å². The molecule has 2 aromatic rings. The van der Waals surface area contributed by atoms with E-state index in [1.165, 1.54) is 22.3 Å². The second-order valence-electron chi connectivity index (χ2n) is 5.68. The van der Waals surface area contributed by atoms with Crippen molar-refractivity contribution in [3.05, 3.63) is 82.9 Å². The van der Waals surface area contributed by atoms with Crippen molar-refractivity contribution in [2.45, 2.75) is 7.25 Å². The monoisotopic (exact) mass is 590 g/mol. The molecule has 2 atom stereocenters. The molecule has 11 heteroatoms. The minimum atomic E-state index is -2.33. The van der Waals surface area contributed by atoms with Gasteiger partial charge in [-0.2, -0.15) is 0 Å². The molecule has 32 heavy (non-hydrogen) atoms. The van der Waals surface area contributed by atoms with Crippen molar-refractivity contribution in [2.24, 2.45) is 0 Å². The van der Waals surface area contributed by atoms with Gasteiger partial charge in [-0.1, -0.05) is 0 Å². The van der Waals surface area contributed by atoms with E-state index in [2.05, 4.69) is 72.8 Å². The first-order valence-corrected chi connectivity index (χ1v) is 11.4. The van der Waals surface area contributed by atoms with Gasteiger partial charge in [0.1, 0.15) is 0 Å². The molecule has 0 saturated heterocycles. The van der Waals surface area contributed by atoms with Crippen LogP contribution in [-0.4, -0.2) is 18.5 Å². The third kappa shape index (κ3) is 13.7. The molecule has 0 aliphatic heterocycles. The van der Waals surface area contributed by atoms with E-state index in [9.17, 15) is 0 Å². The second-order valence-corrected chi connectivity index (χ2v) is 8.74.